The summed E-state index contributed by atoms with van der Waals surface area (Å²) in [6, 6.07) is 8.83. The van der Waals surface area contributed by atoms with Crippen molar-refractivity contribution in [3.05, 3.63) is 51.2 Å². The van der Waals surface area contributed by atoms with Crippen molar-refractivity contribution in [1.82, 2.24) is 0 Å². The van der Waals surface area contributed by atoms with Gasteiger partial charge in [0.15, 0.2) is 0 Å². The molecule has 94 valence electrons. The second-order valence-electron chi connectivity index (χ2n) is 4.87. The summed E-state index contributed by atoms with van der Waals surface area (Å²) < 4.78 is 0. The second-order valence-corrected chi connectivity index (χ2v) is 5.87. The molecule has 0 radical (unpaired) electrons. The molecule has 1 aliphatic heterocycles. The molecule has 1 aliphatic rings. The van der Waals surface area contributed by atoms with E-state index in [1.165, 1.54) is 28.8 Å². The Labute approximate surface area is 112 Å². The van der Waals surface area contributed by atoms with Crippen molar-refractivity contribution in [2.45, 2.75) is 26.4 Å². The fraction of sp³-hybridized carbons (Fsp3) is 0.333. The number of anilines is 1. The van der Waals surface area contributed by atoms with Crippen LogP contribution in [0.2, 0.25) is 0 Å². The average molecular weight is 258 g/mol. The van der Waals surface area contributed by atoms with Crippen LogP contribution in [0.1, 0.15) is 21.6 Å². The summed E-state index contributed by atoms with van der Waals surface area (Å²) in [6.45, 7) is 4.96. The first-order valence-electron chi connectivity index (χ1n) is 6.37. The number of nitrogens with two attached hydrogens (primary N) is 1. The smallest absolute Gasteiger partial charge is 0.0440 e. The molecule has 0 spiro atoms. The van der Waals surface area contributed by atoms with Crippen molar-refractivity contribution in [3.8, 4) is 0 Å². The lowest BCUT2D eigenvalue weighted by Crippen LogP contribution is -2.29. The molecule has 0 fully saturated rings. The highest BCUT2D eigenvalue weighted by molar-refractivity contribution is 7.10. The second kappa shape index (κ2) is 4.75. The van der Waals surface area contributed by atoms with Gasteiger partial charge in [0.25, 0.3) is 0 Å². The molecule has 0 aliphatic carbocycles. The Kier molecular flexibility index (Phi) is 3.10. The summed E-state index contributed by atoms with van der Waals surface area (Å²) in [5.41, 5.74) is 11.1. The van der Waals surface area contributed by atoms with Gasteiger partial charge in [-0.15, -0.1) is 11.3 Å². The Morgan fingerprint density at radius 2 is 2.22 bits per heavy atom. The van der Waals surface area contributed by atoms with Crippen LogP contribution < -0.4 is 10.6 Å². The van der Waals surface area contributed by atoms with Gasteiger partial charge >= 0.3 is 0 Å². The van der Waals surface area contributed by atoms with Crippen molar-refractivity contribution in [2.24, 2.45) is 5.73 Å². The van der Waals surface area contributed by atoms with Gasteiger partial charge < -0.3 is 10.6 Å². The van der Waals surface area contributed by atoms with Gasteiger partial charge in [-0.05, 0) is 47.5 Å². The van der Waals surface area contributed by atoms with E-state index in [1.54, 1.807) is 4.88 Å². The lowest BCUT2D eigenvalue weighted by molar-refractivity contribution is 0.741. The van der Waals surface area contributed by atoms with Crippen LogP contribution in [-0.4, -0.2) is 6.54 Å². The van der Waals surface area contributed by atoms with Gasteiger partial charge in [-0.3, -0.25) is 0 Å². The van der Waals surface area contributed by atoms with Gasteiger partial charge in [0, 0.05) is 30.2 Å². The van der Waals surface area contributed by atoms with E-state index in [2.05, 4.69) is 41.5 Å². The van der Waals surface area contributed by atoms with E-state index in [4.69, 9.17) is 5.73 Å². The summed E-state index contributed by atoms with van der Waals surface area (Å²) in [5, 5.41) is 2.21. The molecule has 2 heterocycles. The number of thiophene rings is 1. The lowest BCUT2D eigenvalue weighted by atomic mass is 10.0. The monoisotopic (exact) mass is 258 g/mol. The Bertz CT molecular complexity index is 559. The van der Waals surface area contributed by atoms with Crippen LogP contribution in [0.4, 0.5) is 5.69 Å². The van der Waals surface area contributed by atoms with Crippen LogP contribution in [0.3, 0.4) is 0 Å². The largest absolute Gasteiger partial charge is 0.367 e. The number of nitrogens with zero attached hydrogens (tertiary/aromatic N) is 1. The van der Waals surface area contributed by atoms with Crippen LogP contribution in [-0.2, 0) is 19.5 Å². The van der Waals surface area contributed by atoms with Gasteiger partial charge in [-0.25, -0.2) is 0 Å². The van der Waals surface area contributed by atoms with Crippen LogP contribution in [0, 0.1) is 6.92 Å². The molecular weight excluding hydrogens is 240 g/mol. The first-order valence-corrected chi connectivity index (χ1v) is 7.25. The zero-order valence-corrected chi connectivity index (χ0v) is 11.5. The molecule has 2 nitrogen and oxygen atoms in total. The molecule has 1 aromatic carbocycles. The number of aryl methyl sites for hydroxylation is 1. The summed E-state index contributed by atoms with van der Waals surface area (Å²) in [5.74, 6) is 0. The Morgan fingerprint density at radius 1 is 1.33 bits per heavy atom. The van der Waals surface area contributed by atoms with Gasteiger partial charge in [0.05, 0.1) is 0 Å². The van der Waals surface area contributed by atoms with Crippen molar-refractivity contribution >= 4 is 17.0 Å². The van der Waals surface area contributed by atoms with E-state index in [1.807, 2.05) is 11.3 Å². The standard InChI is InChI=1S/C15H18N2S/c1-11-8-12(9-16)2-3-14(11)17-6-4-15-13(10-17)5-7-18-15/h2-3,5,7-8H,4,6,9-10,16H2,1H3. The first kappa shape index (κ1) is 11.8. The first-order chi connectivity index (χ1) is 8.78. The molecule has 1 aromatic heterocycles. The zero-order chi connectivity index (χ0) is 12.5. The minimum absolute atomic E-state index is 0.621. The van der Waals surface area contributed by atoms with E-state index in [0.717, 1.165) is 13.1 Å². The van der Waals surface area contributed by atoms with E-state index in [0.29, 0.717) is 6.54 Å². The summed E-state index contributed by atoms with van der Waals surface area (Å²) in [4.78, 5) is 4.03. The van der Waals surface area contributed by atoms with E-state index in [9.17, 15) is 0 Å². The maximum atomic E-state index is 5.68. The minimum atomic E-state index is 0.621. The number of fused-ring (bicyclic) bond motifs is 1. The van der Waals surface area contributed by atoms with Crippen molar-refractivity contribution in [2.75, 3.05) is 11.4 Å². The third-order valence-electron chi connectivity index (χ3n) is 3.65. The van der Waals surface area contributed by atoms with Crippen LogP contribution in [0.5, 0.6) is 0 Å². The number of hydrogen-bond donors (Lipinski definition) is 1. The normalized spacial score (nSPS) is 14.7. The van der Waals surface area contributed by atoms with Crippen LogP contribution >= 0.6 is 11.3 Å². The van der Waals surface area contributed by atoms with E-state index < -0.39 is 0 Å². The van der Waals surface area contributed by atoms with E-state index in [-0.39, 0.29) is 0 Å². The number of rotatable bonds is 2. The average Bonchev–Trinajstić information content (AvgIpc) is 2.85. The van der Waals surface area contributed by atoms with Crippen molar-refractivity contribution < 1.29 is 0 Å². The molecule has 0 saturated carbocycles. The number of hydrogen-bond acceptors (Lipinski definition) is 3. The SMILES string of the molecule is Cc1cc(CN)ccc1N1CCc2sccc2C1. The highest BCUT2D eigenvalue weighted by atomic mass is 32.1. The molecule has 18 heavy (non-hydrogen) atoms. The van der Waals surface area contributed by atoms with Gasteiger partial charge in [-0.1, -0.05) is 12.1 Å². The summed E-state index contributed by atoms with van der Waals surface area (Å²) in [6.07, 6.45) is 1.17. The van der Waals surface area contributed by atoms with Crippen LogP contribution in [0.15, 0.2) is 29.6 Å². The molecule has 0 saturated heterocycles. The number of benzene rings is 1. The van der Waals surface area contributed by atoms with Crippen LogP contribution in [0.25, 0.3) is 0 Å². The molecule has 3 rings (SSSR count). The predicted octanol–water partition coefficient (Wildman–Crippen LogP) is 3.08. The molecule has 3 heteroatoms. The summed E-state index contributed by atoms with van der Waals surface area (Å²) >= 11 is 1.89. The third kappa shape index (κ3) is 2.04. The zero-order valence-electron chi connectivity index (χ0n) is 10.6. The van der Waals surface area contributed by atoms with Gasteiger partial charge in [0.1, 0.15) is 0 Å². The molecule has 0 amide bonds. The quantitative estimate of drug-likeness (QED) is 0.897. The molecule has 2 aromatic rings. The Morgan fingerprint density at radius 3 is 3.00 bits per heavy atom. The maximum absolute atomic E-state index is 5.68. The highest BCUT2D eigenvalue weighted by Crippen LogP contribution is 2.29. The Hall–Kier alpha value is -1.32. The fourth-order valence-electron chi connectivity index (χ4n) is 2.65. The molecule has 0 unspecified atom stereocenters. The van der Waals surface area contributed by atoms with Gasteiger partial charge in [0.2, 0.25) is 0 Å². The Balaban J connectivity index is 1.88. The molecule has 0 bridgehead atoms. The topological polar surface area (TPSA) is 29.3 Å². The molecule has 0 atom stereocenters. The highest BCUT2D eigenvalue weighted by Gasteiger charge is 2.18. The fourth-order valence-corrected chi connectivity index (χ4v) is 3.54. The van der Waals surface area contributed by atoms with Gasteiger partial charge in [-0.2, -0.15) is 0 Å². The van der Waals surface area contributed by atoms with Crippen molar-refractivity contribution in [3.63, 3.8) is 0 Å². The summed E-state index contributed by atoms with van der Waals surface area (Å²) in [7, 11) is 0. The molecule has 2 N–H and O–H groups in total. The minimum Gasteiger partial charge on any atom is -0.367 e. The maximum Gasteiger partial charge on any atom is 0.0440 e. The third-order valence-corrected chi connectivity index (χ3v) is 4.67. The predicted molar refractivity (Wildman–Crippen MR) is 78.1 cm³/mol. The van der Waals surface area contributed by atoms with E-state index >= 15 is 0 Å². The molecular formula is C15H18N2S. The van der Waals surface area contributed by atoms with Crippen molar-refractivity contribution in [1.29, 1.82) is 0 Å². The lowest BCUT2D eigenvalue weighted by Gasteiger charge is -2.30.